The van der Waals surface area contributed by atoms with E-state index in [0.29, 0.717) is 25.9 Å². The van der Waals surface area contributed by atoms with Crippen molar-refractivity contribution in [2.75, 3.05) is 24.5 Å². The average molecular weight is 302 g/mol. The van der Waals surface area contributed by atoms with Gasteiger partial charge in [0.05, 0.1) is 12.1 Å². The third kappa shape index (κ3) is 3.00. The van der Waals surface area contributed by atoms with Crippen molar-refractivity contribution >= 4 is 22.6 Å². The summed E-state index contributed by atoms with van der Waals surface area (Å²) in [5, 5.41) is 3.57. The van der Waals surface area contributed by atoms with Crippen LogP contribution in [0.2, 0.25) is 0 Å². The van der Waals surface area contributed by atoms with Crippen molar-refractivity contribution in [3.05, 3.63) is 30.6 Å². The smallest absolute Gasteiger partial charge is 0.216 e. The van der Waals surface area contributed by atoms with E-state index in [4.69, 9.17) is 0 Å². The fourth-order valence-corrected chi connectivity index (χ4v) is 2.82. The zero-order chi connectivity index (χ0) is 15.6. The zero-order valence-electron chi connectivity index (χ0n) is 12.6. The topological polar surface area (TPSA) is 58.1 Å². The molecule has 1 amide bonds. The van der Waals surface area contributed by atoms with Crippen LogP contribution in [0.4, 0.5) is 10.2 Å². The van der Waals surface area contributed by atoms with E-state index in [1.807, 2.05) is 24.3 Å². The number of fused-ring (bicyclic) bond motifs is 1. The Balaban J connectivity index is 1.74. The van der Waals surface area contributed by atoms with Crippen molar-refractivity contribution in [1.29, 1.82) is 0 Å². The largest absolute Gasteiger partial charge is 0.356 e. The molecule has 3 rings (SSSR count). The number of amides is 1. The van der Waals surface area contributed by atoms with Gasteiger partial charge in [-0.3, -0.25) is 4.79 Å². The van der Waals surface area contributed by atoms with E-state index in [-0.39, 0.29) is 12.5 Å². The Kier molecular flexibility index (Phi) is 3.92. The summed E-state index contributed by atoms with van der Waals surface area (Å²) in [4.78, 5) is 21.7. The summed E-state index contributed by atoms with van der Waals surface area (Å²) in [7, 11) is 0. The van der Waals surface area contributed by atoms with Crippen molar-refractivity contribution < 1.29 is 9.18 Å². The summed E-state index contributed by atoms with van der Waals surface area (Å²) in [6.07, 6.45) is 2.31. The molecule has 0 atom stereocenters. The number of aromatic nitrogens is 2. The van der Waals surface area contributed by atoms with Crippen LogP contribution in [-0.4, -0.2) is 41.2 Å². The van der Waals surface area contributed by atoms with E-state index in [1.165, 1.54) is 6.92 Å². The number of carbonyl (C=O) groups excluding carboxylic acids is 1. The van der Waals surface area contributed by atoms with Crippen LogP contribution in [0.1, 0.15) is 19.8 Å². The molecule has 5 nitrogen and oxygen atoms in total. The molecule has 1 aromatic heterocycles. The van der Waals surface area contributed by atoms with E-state index >= 15 is 0 Å². The number of anilines is 1. The van der Waals surface area contributed by atoms with Gasteiger partial charge in [-0.05, 0) is 12.1 Å². The lowest BCUT2D eigenvalue weighted by atomic mass is 9.93. The van der Waals surface area contributed by atoms with Gasteiger partial charge in [-0.2, -0.15) is 0 Å². The lowest BCUT2D eigenvalue weighted by Crippen LogP contribution is -2.48. The van der Waals surface area contributed by atoms with E-state index in [0.717, 1.165) is 16.7 Å². The van der Waals surface area contributed by atoms with Gasteiger partial charge in [0, 0.05) is 38.2 Å². The van der Waals surface area contributed by atoms with Gasteiger partial charge in [-0.1, -0.05) is 12.1 Å². The van der Waals surface area contributed by atoms with Crippen molar-refractivity contribution in [1.82, 2.24) is 15.3 Å². The molecule has 0 aliphatic carbocycles. The number of hydrogen-bond donors (Lipinski definition) is 1. The first-order chi connectivity index (χ1) is 10.6. The minimum atomic E-state index is -1.33. The molecule has 0 radical (unpaired) electrons. The third-order valence-corrected chi connectivity index (χ3v) is 4.14. The van der Waals surface area contributed by atoms with Gasteiger partial charge in [0.1, 0.15) is 17.8 Å². The molecule has 1 aliphatic heterocycles. The van der Waals surface area contributed by atoms with Crippen LogP contribution in [0.3, 0.4) is 0 Å². The molecule has 1 N–H and O–H groups in total. The number of nitrogens with one attached hydrogen (secondary N) is 1. The number of alkyl halides is 1. The molecule has 1 saturated heterocycles. The number of carbonyl (C=O) groups is 1. The second-order valence-corrected chi connectivity index (χ2v) is 5.76. The first kappa shape index (κ1) is 14.7. The summed E-state index contributed by atoms with van der Waals surface area (Å²) in [6.45, 7) is 2.65. The molecule has 22 heavy (non-hydrogen) atoms. The molecule has 1 aliphatic rings. The zero-order valence-corrected chi connectivity index (χ0v) is 12.6. The average Bonchev–Trinajstić information content (AvgIpc) is 2.53. The molecule has 116 valence electrons. The molecule has 0 unspecified atom stereocenters. The molecule has 2 aromatic rings. The van der Waals surface area contributed by atoms with E-state index in [2.05, 4.69) is 20.2 Å². The summed E-state index contributed by atoms with van der Waals surface area (Å²) >= 11 is 0. The van der Waals surface area contributed by atoms with Crippen LogP contribution in [0.5, 0.6) is 0 Å². The summed E-state index contributed by atoms with van der Waals surface area (Å²) in [6, 6.07) is 7.82. The van der Waals surface area contributed by atoms with Crippen LogP contribution in [0.25, 0.3) is 10.9 Å². The van der Waals surface area contributed by atoms with Crippen molar-refractivity contribution in [2.24, 2.45) is 0 Å². The number of halogens is 1. The van der Waals surface area contributed by atoms with Gasteiger partial charge in [0.25, 0.3) is 0 Å². The van der Waals surface area contributed by atoms with E-state index in [1.54, 1.807) is 6.33 Å². The number of hydrogen-bond acceptors (Lipinski definition) is 4. The Hall–Kier alpha value is -2.24. The summed E-state index contributed by atoms with van der Waals surface area (Å²) < 4.78 is 14.7. The Bertz CT molecular complexity index is 677. The Morgan fingerprint density at radius 3 is 2.77 bits per heavy atom. The molecule has 0 bridgehead atoms. The minimum Gasteiger partial charge on any atom is -0.356 e. The fourth-order valence-electron chi connectivity index (χ4n) is 2.82. The van der Waals surface area contributed by atoms with Crippen LogP contribution < -0.4 is 10.2 Å². The van der Waals surface area contributed by atoms with Gasteiger partial charge in [-0.25, -0.2) is 14.4 Å². The highest BCUT2D eigenvalue weighted by Gasteiger charge is 2.35. The Morgan fingerprint density at radius 1 is 1.32 bits per heavy atom. The second kappa shape index (κ2) is 5.87. The molecule has 0 spiro atoms. The van der Waals surface area contributed by atoms with Gasteiger partial charge >= 0.3 is 0 Å². The lowest BCUT2D eigenvalue weighted by Gasteiger charge is -2.37. The highest BCUT2D eigenvalue weighted by atomic mass is 19.1. The van der Waals surface area contributed by atoms with Crippen LogP contribution in [-0.2, 0) is 4.79 Å². The van der Waals surface area contributed by atoms with Gasteiger partial charge in [-0.15, -0.1) is 0 Å². The molecular weight excluding hydrogens is 283 g/mol. The highest BCUT2D eigenvalue weighted by molar-refractivity contribution is 5.89. The number of piperidine rings is 1. The summed E-state index contributed by atoms with van der Waals surface area (Å²) in [5.74, 6) is 0.661. The molecule has 2 heterocycles. The van der Waals surface area contributed by atoms with Crippen molar-refractivity contribution in [2.45, 2.75) is 25.4 Å². The number of nitrogens with zero attached hydrogens (tertiary/aromatic N) is 3. The fraction of sp³-hybridized carbons (Fsp3) is 0.438. The normalized spacial score (nSPS) is 17.5. The first-order valence-corrected chi connectivity index (χ1v) is 7.45. The lowest BCUT2D eigenvalue weighted by molar-refractivity contribution is -0.119. The van der Waals surface area contributed by atoms with Gasteiger partial charge in [0.15, 0.2) is 0 Å². The van der Waals surface area contributed by atoms with Crippen LogP contribution >= 0.6 is 0 Å². The minimum absolute atomic E-state index is 0.0840. The van der Waals surface area contributed by atoms with E-state index < -0.39 is 5.67 Å². The Labute approximate surface area is 128 Å². The number of rotatable bonds is 3. The second-order valence-electron chi connectivity index (χ2n) is 5.76. The number of benzene rings is 1. The van der Waals surface area contributed by atoms with Gasteiger partial charge in [0.2, 0.25) is 5.91 Å². The third-order valence-electron chi connectivity index (χ3n) is 4.14. The maximum Gasteiger partial charge on any atom is 0.216 e. The standard InChI is InChI=1S/C16H19FN4O/c1-12(22)18-10-16(17)6-8-21(9-7-16)15-13-4-2-3-5-14(13)19-11-20-15/h2-5,11H,6-10H2,1H3,(H,18,22). The maximum absolute atomic E-state index is 14.7. The molecule has 0 saturated carbocycles. The highest BCUT2D eigenvalue weighted by Crippen LogP contribution is 2.31. The van der Waals surface area contributed by atoms with Crippen molar-refractivity contribution in [3.63, 3.8) is 0 Å². The number of para-hydroxylation sites is 1. The first-order valence-electron chi connectivity index (χ1n) is 7.45. The summed E-state index contributed by atoms with van der Waals surface area (Å²) in [5.41, 5.74) is -0.437. The molecule has 6 heteroatoms. The predicted octanol–water partition coefficient (Wildman–Crippen LogP) is 2.07. The molecular formula is C16H19FN4O. The van der Waals surface area contributed by atoms with E-state index in [9.17, 15) is 9.18 Å². The van der Waals surface area contributed by atoms with Gasteiger partial charge < -0.3 is 10.2 Å². The molecule has 1 aromatic carbocycles. The monoisotopic (exact) mass is 302 g/mol. The Morgan fingerprint density at radius 2 is 2.05 bits per heavy atom. The SMILES string of the molecule is CC(=O)NCC1(F)CCN(c2ncnc3ccccc23)CC1. The van der Waals surface area contributed by atoms with Crippen molar-refractivity contribution in [3.8, 4) is 0 Å². The quantitative estimate of drug-likeness (QED) is 0.943. The van der Waals surface area contributed by atoms with Crippen LogP contribution in [0, 0.1) is 0 Å². The molecule has 1 fully saturated rings. The van der Waals surface area contributed by atoms with Crippen LogP contribution in [0.15, 0.2) is 30.6 Å². The predicted molar refractivity (Wildman–Crippen MR) is 83.5 cm³/mol. The maximum atomic E-state index is 14.7.